The Labute approximate surface area is 146 Å². The highest BCUT2D eigenvalue weighted by Gasteiger charge is 2.26. The Kier molecular flexibility index (Phi) is 6.79. The number of ether oxygens (including phenoxy) is 2. The van der Waals surface area contributed by atoms with Crippen LogP contribution in [0.2, 0.25) is 0 Å². The molecule has 0 radical (unpaired) electrons. The second kappa shape index (κ2) is 9.28. The summed E-state index contributed by atoms with van der Waals surface area (Å²) >= 11 is 0. The number of nitrogens with zero attached hydrogens (tertiary/aromatic N) is 2. The van der Waals surface area contributed by atoms with Crippen LogP contribution in [-0.2, 0) is 0 Å². The van der Waals surface area contributed by atoms with Crippen LogP contribution in [0.25, 0.3) is 0 Å². The first kappa shape index (κ1) is 17.6. The van der Waals surface area contributed by atoms with Gasteiger partial charge in [0.2, 0.25) is 0 Å². The Morgan fingerprint density at radius 3 is 2.04 bits per heavy atom. The number of likely N-dealkylation sites (tertiary alicyclic amines) is 2. The van der Waals surface area contributed by atoms with E-state index in [-0.39, 0.29) is 0 Å². The van der Waals surface area contributed by atoms with Crippen molar-refractivity contribution in [1.29, 1.82) is 0 Å². The van der Waals surface area contributed by atoms with Crippen molar-refractivity contribution < 1.29 is 9.47 Å². The molecule has 2 aliphatic rings. The summed E-state index contributed by atoms with van der Waals surface area (Å²) in [6.07, 6.45) is 6.48. The van der Waals surface area contributed by atoms with Crippen LogP contribution in [-0.4, -0.2) is 61.8 Å². The third-order valence-corrected chi connectivity index (χ3v) is 5.19. The summed E-state index contributed by atoms with van der Waals surface area (Å²) in [4.78, 5) is 5.25. The fraction of sp³-hybridized carbons (Fsp3) is 0.700. The molecule has 24 heavy (non-hydrogen) atoms. The van der Waals surface area contributed by atoms with Crippen LogP contribution in [0.3, 0.4) is 0 Å². The molecule has 0 saturated carbocycles. The third kappa shape index (κ3) is 5.12. The lowest BCUT2D eigenvalue weighted by atomic mass is 10.0. The normalized spacial score (nSPS) is 20.4. The largest absolute Gasteiger partial charge is 0.494 e. The minimum absolute atomic E-state index is 0.767. The highest BCUT2D eigenvalue weighted by atomic mass is 16.5. The second-order valence-corrected chi connectivity index (χ2v) is 6.98. The van der Waals surface area contributed by atoms with E-state index < -0.39 is 0 Å². The molecule has 2 heterocycles. The molecule has 0 amide bonds. The van der Waals surface area contributed by atoms with Gasteiger partial charge in [0, 0.05) is 12.6 Å². The van der Waals surface area contributed by atoms with E-state index in [1.165, 1.54) is 51.9 Å². The van der Waals surface area contributed by atoms with Crippen molar-refractivity contribution in [2.75, 3.05) is 45.9 Å². The maximum absolute atomic E-state index is 5.89. The lowest BCUT2D eigenvalue weighted by Gasteiger charge is -2.36. The maximum atomic E-state index is 5.89. The molecule has 0 aromatic heterocycles. The van der Waals surface area contributed by atoms with E-state index >= 15 is 0 Å². The summed E-state index contributed by atoms with van der Waals surface area (Å²) in [5.74, 6) is 1.86. The fourth-order valence-electron chi connectivity index (χ4n) is 3.76. The van der Waals surface area contributed by atoms with E-state index in [1.54, 1.807) is 0 Å². The SMILES string of the molecule is CCCOc1ccc(OCCN2CCC(N3CCCC3)CC2)cc1. The maximum Gasteiger partial charge on any atom is 0.119 e. The molecule has 0 atom stereocenters. The number of hydrogen-bond acceptors (Lipinski definition) is 4. The number of benzene rings is 1. The molecule has 4 heteroatoms. The molecule has 2 aliphatic heterocycles. The quantitative estimate of drug-likeness (QED) is 0.728. The first-order valence-corrected chi connectivity index (χ1v) is 9.67. The van der Waals surface area contributed by atoms with Crippen molar-refractivity contribution >= 4 is 0 Å². The van der Waals surface area contributed by atoms with Crippen molar-refractivity contribution in [2.45, 2.75) is 45.1 Å². The second-order valence-electron chi connectivity index (χ2n) is 6.98. The Morgan fingerprint density at radius 1 is 0.875 bits per heavy atom. The standard InChI is InChI=1S/C20H32N2O2/c1-2-16-23-19-5-7-20(8-6-19)24-17-15-21-13-9-18(10-14-21)22-11-3-4-12-22/h5-8,18H,2-4,9-17H2,1H3. The minimum atomic E-state index is 0.767. The summed E-state index contributed by atoms with van der Waals surface area (Å²) < 4.78 is 11.5. The molecule has 1 aromatic carbocycles. The van der Waals surface area contributed by atoms with Gasteiger partial charge in [0.25, 0.3) is 0 Å². The number of piperidine rings is 1. The zero-order chi connectivity index (χ0) is 16.6. The van der Waals surface area contributed by atoms with Gasteiger partial charge in [-0.25, -0.2) is 0 Å². The first-order chi connectivity index (χ1) is 11.8. The van der Waals surface area contributed by atoms with E-state index in [0.717, 1.165) is 43.7 Å². The van der Waals surface area contributed by atoms with Crippen LogP contribution in [0.5, 0.6) is 11.5 Å². The monoisotopic (exact) mass is 332 g/mol. The zero-order valence-electron chi connectivity index (χ0n) is 15.1. The molecule has 0 spiro atoms. The van der Waals surface area contributed by atoms with Crippen LogP contribution in [0, 0.1) is 0 Å². The number of rotatable bonds is 8. The van der Waals surface area contributed by atoms with Crippen molar-refractivity contribution in [3.05, 3.63) is 24.3 Å². The molecule has 0 unspecified atom stereocenters. The predicted molar refractivity (Wildman–Crippen MR) is 98.0 cm³/mol. The van der Waals surface area contributed by atoms with Crippen LogP contribution in [0.1, 0.15) is 39.0 Å². The van der Waals surface area contributed by atoms with Crippen LogP contribution < -0.4 is 9.47 Å². The van der Waals surface area contributed by atoms with Gasteiger partial charge < -0.3 is 14.4 Å². The van der Waals surface area contributed by atoms with E-state index in [1.807, 2.05) is 24.3 Å². The van der Waals surface area contributed by atoms with E-state index in [2.05, 4.69) is 16.7 Å². The number of hydrogen-bond donors (Lipinski definition) is 0. The van der Waals surface area contributed by atoms with Crippen molar-refractivity contribution in [2.24, 2.45) is 0 Å². The average Bonchev–Trinajstić information content (AvgIpc) is 3.16. The summed E-state index contributed by atoms with van der Waals surface area (Å²) in [6, 6.07) is 8.83. The molecular formula is C20H32N2O2. The lowest BCUT2D eigenvalue weighted by molar-refractivity contribution is 0.114. The summed E-state index contributed by atoms with van der Waals surface area (Å²) in [7, 11) is 0. The smallest absolute Gasteiger partial charge is 0.119 e. The molecule has 0 N–H and O–H groups in total. The Hall–Kier alpha value is -1.26. The molecule has 4 nitrogen and oxygen atoms in total. The van der Waals surface area contributed by atoms with Crippen molar-refractivity contribution in [1.82, 2.24) is 9.80 Å². The van der Waals surface area contributed by atoms with Gasteiger partial charge in [-0.3, -0.25) is 4.90 Å². The van der Waals surface area contributed by atoms with Gasteiger partial charge in [-0.2, -0.15) is 0 Å². The lowest BCUT2D eigenvalue weighted by Crippen LogP contribution is -2.44. The van der Waals surface area contributed by atoms with E-state index in [0.29, 0.717) is 0 Å². The molecule has 134 valence electrons. The van der Waals surface area contributed by atoms with Gasteiger partial charge >= 0.3 is 0 Å². The highest BCUT2D eigenvalue weighted by Crippen LogP contribution is 2.21. The molecule has 2 saturated heterocycles. The first-order valence-electron chi connectivity index (χ1n) is 9.67. The van der Waals surface area contributed by atoms with Gasteiger partial charge in [-0.1, -0.05) is 6.92 Å². The Morgan fingerprint density at radius 2 is 1.46 bits per heavy atom. The van der Waals surface area contributed by atoms with Gasteiger partial charge in [0.05, 0.1) is 6.61 Å². The molecule has 0 aliphatic carbocycles. The molecule has 2 fully saturated rings. The average molecular weight is 332 g/mol. The van der Waals surface area contributed by atoms with E-state index in [4.69, 9.17) is 9.47 Å². The van der Waals surface area contributed by atoms with Crippen molar-refractivity contribution in [3.63, 3.8) is 0 Å². The van der Waals surface area contributed by atoms with Crippen LogP contribution in [0.15, 0.2) is 24.3 Å². The summed E-state index contributed by atoms with van der Waals surface area (Å²) in [5.41, 5.74) is 0. The Balaban J connectivity index is 1.32. The van der Waals surface area contributed by atoms with Gasteiger partial charge in [-0.05, 0) is 82.5 Å². The molecule has 1 aromatic rings. The van der Waals surface area contributed by atoms with Crippen LogP contribution in [0.4, 0.5) is 0 Å². The van der Waals surface area contributed by atoms with E-state index in [9.17, 15) is 0 Å². The topological polar surface area (TPSA) is 24.9 Å². The minimum Gasteiger partial charge on any atom is -0.494 e. The zero-order valence-corrected chi connectivity index (χ0v) is 15.1. The van der Waals surface area contributed by atoms with Crippen molar-refractivity contribution in [3.8, 4) is 11.5 Å². The Bertz CT molecular complexity index is 463. The molecule has 3 rings (SSSR count). The van der Waals surface area contributed by atoms with Gasteiger partial charge in [-0.15, -0.1) is 0 Å². The molecular weight excluding hydrogens is 300 g/mol. The molecule has 0 bridgehead atoms. The van der Waals surface area contributed by atoms with Gasteiger partial charge in [0.15, 0.2) is 0 Å². The van der Waals surface area contributed by atoms with Crippen LogP contribution >= 0.6 is 0 Å². The summed E-state index contributed by atoms with van der Waals surface area (Å²) in [6.45, 7) is 9.77. The predicted octanol–water partition coefficient (Wildman–Crippen LogP) is 3.41. The fourth-order valence-corrected chi connectivity index (χ4v) is 3.76. The highest BCUT2D eigenvalue weighted by molar-refractivity contribution is 5.31. The summed E-state index contributed by atoms with van der Waals surface area (Å²) in [5, 5.41) is 0. The third-order valence-electron chi connectivity index (χ3n) is 5.19. The van der Waals surface area contributed by atoms with Gasteiger partial charge in [0.1, 0.15) is 18.1 Å².